The van der Waals surface area contributed by atoms with Crippen molar-refractivity contribution in [3.05, 3.63) is 23.9 Å². The second kappa shape index (κ2) is 3.97. The van der Waals surface area contributed by atoms with Crippen LogP contribution in [0.4, 0.5) is 4.79 Å². The van der Waals surface area contributed by atoms with Gasteiger partial charge in [0.15, 0.2) is 0 Å². The van der Waals surface area contributed by atoms with E-state index in [2.05, 4.69) is 10.3 Å². The Morgan fingerprint density at radius 2 is 2.35 bits per heavy atom. The third-order valence-corrected chi connectivity index (χ3v) is 2.50. The Morgan fingerprint density at radius 1 is 1.65 bits per heavy atom. The minimum absolute atomic E-state index is 0.205. The van der Waals surface area contributed by atoms with E-state index < -0.39 is 11.8 Å². The van der Waals surface area contributed by atoms with Gasteiger partial charge in [0.2, 0.25) is 0 Å². The van der Waals surface area contributed by atoms with Crippen LogP contribution in [0, 0.1) is 0 Å². The predicted octanol–water partition coefficient (Wildman–Crippen LogP) is -0.0805. The van der Waals surface area contributed by atoms with E-state index in [0.29, 0.717) is 5.84 Å². The quantitative estimate of drug-likeness (QED) is 0.626. The van der Waals surface area contributed by atoms with Crippen molar-refractivity contribution in [1.82, 2.24) is 10.2 Å². The van der Waals surface area contributed by atoms with Crippen LogP contribution in [0.1, 0.15) is 13.8 Å². The van der Waals surface area contributed by atoms with E-state index in [4.69, 9.17) is 5.73 Å². The van der Waals surface area contributed by atoms with Crippen LogP contribution in [0.5, 0.6) is 0 Å². The molecule has 0 aromatic heterocycles. The Morgan fingerprint density at radius 3 is 3.00 bits per heavy atom. The van der Waals surface area contributed by atoms with Gasteiger partial charge in [0.05, 0.1) is 12.1 Å². The molecule has 6 nitrogen and oxygen atoms in total. The maximum absolute atomic E-state index is 11.7. The van der Waals surface area contributed by atoms with E-state index in [9.17, 15) is 9.90 Å². The highest BCUT2D eigenvalue weighted by Crippen LogP contribution is 2.18. The highest BCUT2D eigenvalue weighted by molar-refractivity contribution is 6.11. The summed E-state index contributed by atoms with van der Waals surface area (Å²) in [5.74, 6) is 0.435. The third-order valence-electron chi connectivity index (χ3n) is 2.50. The van der Waals surface area contributed by atoms with Crippen molar-refractivity contribution in [2.75, 3.05) is 6.54 Å². The number of hydrogen-bond acceptors (Lipinski definition) is 4. The van der Waals surface area contributed by atoms with Gasteiger partial charge in [-0.3, -0.25) is 15.2 Å². The lowest BCUT2D eigenvalue weighted by Gasteiger charge is -2.35. The fourth-order valence-electron chi connectivity index (χ4n) is 1.63. The molecule has 2 amide bonds. The molecule has 0 aromatic carbocycles. The van der Waals surface area contributed by atoms with Gasteiger partial charge in [-0.15, -0.1) is 0 Å². The molecular formula is C11H16N4O2. The number of carbonyl (C=O) groups excluding carboxylic acids is 1. The van der Waals surface area contributed by atoms with Gasteiger partial charge in [0.1, 0.15) is 12.0 Å². The Hall–Kier alpha value is -1.66. The highest BCUT2D eigenvalue weighted by Gasteiger charge is 2.33. The Bertz CT molecular complexity index is 431. The molecule has 6 heteroatoms. The summed E-state index contributed by atoms with van der Waals surface area (Å²) in [4.78, 5) is 17.3. The Kier molecular flexibility index (Phi) is 2.76. The molecule has 0 aliphatic carbocycles. The molecular weight excluding hydrogens is 220 g/mol. The average molecular weight is 236 g/mol. The number of nitrogens with zero attached hydrogens (tertiary/aromatic N) is 2. The minimum atomic E-state index is -0.913. The fourth-order valence-corrected chi connectivity index (χ4v) is 1.63. The molecule has 17 heavy (non-hydrogen) atoms. The van der Waals surface area contributed by atoms with Crippen molar-refractivity contribution in [2.45, 2.75) is 25.6 Å². The summed E-state index contributed by atoms with van der Waals surface area (Å²) in [6.07, 6.45) is 4.67. The first kappa shape index (κ1) is 11.8. The second-order valence-electron chi connectivity index (χ2n) is 4.72. The summed E-state index contributed by atoms with van der Waals surface area (Å²) in [6.45, 7) is 3.52. The maximum Gasteiger partial charge on any atom is 0.328 e. The number of aliphatic hydroxyl groups is 1. The molecule has 1 saturated heterocycles. The summed E-state index contributed by atoms with van der Waals surface area (Å²) >= 11 is 0. The normalized spacial score (nSPS) is 26.0. The van der Waals surface area contributed by atoms with Gasteiger partial charge < -0.3 is 10.8 Å². The van der Waals surface area contributed by atoms with Crippen molar-refractivity contribution < 1.29 is 9.90 Å². The van der Waals surface area contributed by atoms with E-state index in [1.807, 2.05) is 6.08 Å². The van der Waals surface area contributed by atoms with Gasteiger partial charge >= 0.3 is 6.03 Å². The monoisotopic (exact) mass is 236 g/mol. The zero-order valence-electron chi connectivity index (χ0n) is 9.84. The number of urea groups is 1. The molecule has 92 valence electrons. The van der Waals surface area contributed by atoms with Crippen molar-refractivity contribution in [2.24, 2.45) is 10.7 Å². The first-order chi connectivity index (χ1) is 7.88. The van der Waals surface area contributed by atoms with Crippen molar-refractivity contribution >= 4 is 11.9 Å². The molecule has 2 rings (SSSR count). The lowest BCUT2D eigenvalue weighted by Crippen LogP contribution is -2.58. The lowest BCUT2D eigenvalue weighted by atomic mass is 10.1. The lowest BCUT2D eigenvalue weighted by molar-refractivity contribution is 0.0902. The van der Waals surface area contributed by atoms with Gasteiger partial charge in [-0.1, -0.05) is 6.08 Å². The number of nitrogens with two attached hydrogens (primary N) is 1. The first-order valence-corrected chi connectivity index (χ1v) is 5.39. The van der Waals surface area contributed by atoms with E-state index in [0.717, 1.165) is 5.57 Å². The van der Waals surface area contributed by atoms with Crippen LogP contribution < -0.4 is 11.1 Å². The summed E-state index contributed by atoms with van der Waals surface area (Å²) < 4.78 is 0. The summed E-state index contributed by atoms with van der Waals surface area (Å²) in [5.41, 5.74) is 5.74. The van der Waals surface area contributed by atoms with Crippen LogP contribution in [0.2, 0.25) is 0 Å². The molecule has 0 spiro atoms. The zero-order chi connectivity index (χ0) is 12.6. The van der Waals surface area contributed by atoms with Gasteiger partial charge in [-0.05, 0) is 19.9 Å². The number of nitrogens with one attached hydrogen (secondary N) is 1. The summed E-state index contributed by atoms with van der Waals surface area (Å²) in [7, 11) is 0. The van der Waals surface area contributed by atoms with E-state index in [-0.39, 0.29) is 12.6 Å². The van der Waals surface area contributed by atoms with Gasteiger partial charge in [-0.25, -0.2) is 4.79 Å². The molecule has 1 unspecified atom stereocenters. The standard InChI is InChI=1S/C11H16N4O2/c1-11(2,17)6-13-9-7-4-3-5-15(8(7)12)10(16)14-9/h3-5,8,17H,6,12H2,1-2H3,(H,13,14,16). The molecule has 0 saturated carbocycles. The summed E-state index contributed by atoms with van der Waals surface area (Å²) in [6, 6.07) is -0.305. The number of fused-ring (bicyclic) bond motifs is 2. The van der Waals surface area contributed by atoms with Gasteiger partial charge in [-0.2, -0.15) is 0 Å². The smallest absolute Gasteiger partial charge is 0.328 e. The third kappa shape index (κ3) is 2.37. The van der Waals surface area contributed by atoms with E-state index >= 15 is 0 Å². The van der Waals surface area contributed by atoms with Crippen LogP contribution in [-0.2, 0) is 0 Å². The number of carbonyl (C=O) groups is 1. The predicted molar refractivity (Wildman–Crippen MR) is 64.2 cm³/mol. The SMILES string of the molecule is CC(C)(O)CN=C1NC(=O)N2C=CC=C1C2N. The molecule has 1 fully saturated rings. The van der Waals surface area contributed by atoms with Crippen LogP contribution in [0.3, 0.4) is 0 Å². The molecule has 0 aromatic rings. The number of amides is 2. The van der Waals surface area contributed by atoms with Crippen LogP contribution >= 0.6 is 0 Å². The first-order valence-electron chi connectivity index (χ1n) is 5.39. The second-order valence-corrected chi connectivity index (χ2v) is 4.72. The minimum Gasteiger partial charge on any atom is -0.389 e. The molecule has 1 atom stereocenters. The topological polar surface area (TPSA) is 91.0 Å². The van der Waals surface area contributed by atoms with Crippen molar-refractivity contribution in [3.8, 4) is 0 Å². The number of amidine groups is 1. The Labute approximate surface area is 99.5 Å². The molecule has 2 aliphatic heterocycles. The number of allylic oxidation sites excluding steroid dienone is 2. The summed E-state index contributed by atoms with van der Waals surface area (Å²) in [5, 5.41) is 12.3. The van der Waals surface area contributed by atoms with Crippen molar-refractivity contribution in [3.63, 3.8) is 0 Å². The van der Waals surface area contributed by atoms with Gasteiger partial charge in [0.25, 0.3) is 0 Å². The average Bonchev–Trinajstić information content (AvgIpc) is 2.20. The molecule has 2 bridgehead atoms. The highest BCUT2D eigenvalue weighted by atomic mass is 16.3. The van der Waals surface area contributed by atoms with E-state index in [1.54, 1.807) is 26.1 Å². The molecule has 4 N–H and O–H groups in total. The largest absolute Gasteiger partial charge is 0.389 e. The zero-order valence-corrected chi connectivity index (χ0v) is 9.84. The van der Waals surface area contributed by atoms with E-state index in [1.165, 1.54) is 4.90 Å². The number of hydrogen-bond donors (Lipinski definition) is 3. The molecule has 2 aliphatic rings. The molecule has 0 radical (unpaired) electrons. The van der Waals surface area contributed by atoms with Crippen LogP contribution in [-0.4, -0.2) is 40.2 Å². The number of rotatable bonds is 2. The van der Waals surface area contributed by atoms with Crippen molar-refractivity contribution in [1.29, 1.82) is 0 Å². The van der Waals surface area contributed by atoms with Gasteiger partial charge in [0, 0.05) is 11.8 Å². The Balaban J connectivity index is 2.26. The molecule has 2 heterocycles. The van der Waals surface area contributed by atoms with Crippen LogP contribution in [0.15, 0.2) is 28.9 Å². The van der Waals surface area contributed by atoms with Crippen LogP contribution in [0.25, 0.3) is 0 Å². The number of aliphatic imine (C=N–C) groups is 1. The fraction of sp³-hybridized carbons (Fsp3) is 0.455. The maximum atomic E-state index is 11.7.